The molecule has 0 saturated heterocycles. The number of amides is 1. The molecule has 2 aromatic heterocycles. The Morgan fingerprint density at radius 3 is 2.81 bits per heavy atom. The zero-order valence-electron chi connectivity index (χ0n) is 21.0. The number of aromatic nitrogens is 3. The second-order valence-corrected chi connectivity index (χ2v) is 8.73. The summed E-state index contributed by atoms with van der Waals surface area (Å²) >= 11 is 0. The molecule has 9 nitrogen and oxygen atoms in total. The molecule has 0 aliphatic heterocycles. The van der Waals surface area contributed by atoms with E-state index in [9.17, 15) is 9.59 Å². The van der Waals surface area contributed by atoms with Gasteiger partial charge in [0.1, 0.15) is 18.9 Å². The lowest BCUT2D eigenvalue weighted by Crippen LogP contribution is -2.34. The van der Waals surface area contributed by atoms with E-state index >= 15 is 0 Å². The maximum absolute atomic E-state index is 13.0. The van der Waals surface area contributed by atoms with Crippen LogP contribution >= 0.6 is 12.4 Å². The predicted molar refractivity (Wildman–Crippen MR) is 149 cm³/mol. The van der Waals surface area contributed by atoms with Crippen LogP contribution in [0.2, 0.25) is 0 Å². The van der Waals surface area contributed by atoms with Crippen LogP contribution < -0.4 is 26.7 Å². The third-order valence-corrected chi connectivity index (χ3v) is 5.99. The highest BCUT2D eigenvalue weighted by Crippen LogP contribution is 2.19. The Labute approximate surface area is 221 Å². The maximum atomic E-state index is 13.0. The highest BCUT2D eigenvalue weighted by atomic mass is 35.5. The molecule has 10 heteroatoms. The summed E-state index contributed by atoms with van der Waals surface area (Å²) in [6.45, 7) is 5.55. The molecule has 1 amide bonds. The molecule has 196 valence electrons. The summed E-state index contributed by atoms with van der Waals surface area (Å²) in [5, 5.41) is 7.15. The molecule has 2 aromatic carbocycles. The second-order valence-electron chi connectivity index (χ2n) is 8.73. The highest BCUT2D eigenvalue weighted by molar-refractivity contribution is 5.85. The van der Waals surface area contributed by atoms with Crippen molar-refractivity contribution >= 4 is 35.0 Å². The van der Waals surface area contributed by atoms with Gasteiger partial charge in [0.15, 0.2) is 5.82 Å². The minimum absolute atomic E-state index is 0. The van der Waals surface area contributed by atoms with E-state index in [-0.39, 0.29) is 36.2 Å². The van der Waals surface area contributed by atoms with Gasteiger partial charge >= 0.3 is 0 Å². The number of hydrogen-bond acceptors (Lipinski definition) is 6. The lowest BCUT2D eigenvalue weighted by Gasteiger charge is -2.13. The third kappa shape index (κ3) is 7.12. The number of carbonyl (C=O) groups excluding carboxylic acids is 1. The van der Waals surface area contributed by atoms with Crippen LogP contribution in [0.15, 0.2) is 59.7 Å². The van der Waals surface area contributed by atoms with E-state index in [0.29, 0.717) is 38.4 Å². The number of nitrogens with two attached hydrogens (primary N) is 1. The summed E-state index contributed by atoms with van der Waals surface area (Å²) in [5.74, 6) is 0.748. The van der Waals surface area contributed by atoms with Crippen molar-refractivity contribution in [2.45, 2.75) is 33.4 Å². The number of H-pyrrole nitrogens is 1. The van der Waals surface area contributed by atoms with Crippen molar-refractivity contribution in [1.82, 2.24) is 19.9 Å². The van der Waals surface area contributed by atoms with Crippen LogP contribution in [0.25, 0.3) is 10.9 Å². The SMILES string of the molecule is Cc1c[nH]c2ccc(CNC(=O)Cn3c(C)cnc(NCCc4cccc(OCCN)c4)c3=O)cc12.Cl. The first kappa shape index (κ1) is 27.8. The molecule has 0 aliphatic carbocycles. The van der Waals surface area contributed by atoms with Crippen LogP contribution in [0, 0.1) is 13.8 Å². The quantitative estimate of drug-likeness (QED) is 0.239. The lowest BCUT2D eigenvalue weighted by molar-refractivity contribution is -0.121. The first-order valence-corrected chi connectivity index (χ1v) is 12.0. The molecule has 2 heterocycles. The van der Waals surface area contributed by atoms with Gasteiger partial charge in [-0.3, -0.25) is 14.2 Å². The molecule has 4 rings (SSSR count). The summed E-state index contributed by atoms with van der Waals surface area (Å²) in [6.07, 6.45) is 4.24. The van der Waals surface area contributed by atoms with Crippen molar-refractivity contribution < 1.29 is 9.53 Å². The van der Waals surface area contributed by atoms with Crippen LogP contribution in [0.1, 0.15) is 22.4 Å². The molecule has 5 N–H and O–H groups in total. The van der Waals surface area contributed by atoms with Crippen molar-refractivity contribution in [3.05, 3.63) is 87.6 Å². The van der Waals surface area contributed by atoms with Gasteiger partial charge in [0.05, 0.1) is 0 Å². The van der Waals surface area contributed by atoms with E-state index in [1.807, 2.05) is 49.5 Å². The summed E-state index contributed by atoms with van der Waals surface area (Å²) in [4.78, 5) is 33.1. The molecule has 0 radical (unpaired) electrons. The summed E-state index contributed by atoms with van der Waals surface area (Å²) < 4.78 is 7.00. The highest BCUT2D eigenvalue weighted by Gasteiger charge is 2.12. The van der Waals surface area contributed by atoms with Crippen molar-refractivity contribution in [2.75, 3.05) is 25.0 Å². The molecular formula is C27H33ClN6O3. The van der Waals surface area contributed by atoms with Crippen LogP contribution in [0.3, 0.4) is 0 Å². The number of anilines is 1. The minimum Gasteiger partial charge on any atom is -0.492 e. The van der Waals surface area contributed by atoms with Crippen molar-refractivity contribution in [3.8, 4) is 5.75 Å². The maximum Gasteiger partial charge on any atom is 0.293 e. The van der Waals surface area contributed by atoms with Crippen molar-refractivity contribution in [2.24, 2.45) is 5.73 Å². The number of aryl methyl sites for hydroxylation is 2. The number of nitrogens with one attached hydrogen (secondary N) is 3. The Kier molecular flexibility index (Phi) is 9.71. The van der Waals surface area contributed by atoms with Crippen LogP contribution in [-0.2, 0) is 24.3 Å². The van der Waals surface area contributed by atoms with E-state index in [2.05, 4.69) is 26.7 Å². The molecular weight excluding hydrogens is 492 g/mol. The van der Waals surface area contributed by atoms with Gasteiger partial charge in [-0.2, -0.15) is 0 Å². The van der Waals surface area contributed by atoms with Gasteiger partial charge in [-0.1, -0.05) is 18.2 Å². The van der Waals surface area contributed by atoms with Gasteiger partial charge in [-0.05, 0) is 61.2 Å². The Bertz CT molecular complexity index is 1420. The van der Waals surface area contributed by atoms with E-state index in [1.165, 1.54) is 4.57 Å². The number of fused-ring (bicyclic) bond motifs is 1. The van der Waals surface area contributed by atoms with Gasteiger partial charge in [0.2, 0.25) is 5.91 Å². The van der Waals surface area contributed by atoms with Crippen LogP contribution in [0.4, 0.5) is 5.82 Å². The lowest BCUT2D eigenvalue weighted by atomic mass is 10.1. The van der Waals surface area contributed by atoms with Gasteiger partial charge < -0.3 is 26.1 Å². The first-order chi connectivity index (χ1) is 17.4. The molecule has 0 saturated carbocycles. The summed E-state index contributed by atoms with van der Waals surface area (Å²) in [6, 6.07) is 13.8. The number of ether oxygens (including phenoxy) is 1. The molecule has 0 atom stereocenters. The largest absolute Gasteiger partial charge is 0.492 e. The normalized spacial score (nSPS) is 10.7. The third-order valence-electron chi connectivity index (χ3n) is 5.99. The molecule has 0 aliphatic rings. The number of rotatable bonds is 11. The smallest absolute Gasteiger partial charge is 0.293 e. The zero-order valence-corrected chi connectivity index (χ0v) is 21.9. The fourth-order valence-corrected chi connectivity index (χ4v) is 4.00. The molecule has 0 unspecified atom stereocenters. The Morgan fingerprint density at radius 1 is 1.16 bits per heavy atom. The number of benzene rings is 2. The molecule has 4 aromatic rings. The molecule has 0 fully saturated rings. The van der Waals surface area contributed by atoms with Crippen LogP contribution in [0.5, 0.6) is 5.75 Å². The predicted octanol–water partition coefficient (Wildman–Crippen LogP) is 3.07. The summed E-state index contributed by atoms with van der Waals surface area (Å²) in [5.41, 5.74) is 10.1. The number of halogens is 1. The van der Waals surface area contributed by atoms with E-state index in [4.69, 9.17) is 10.5 Å². The van der Waals surface area contributed by atoms with E-state index in [1.54, 1.807) is 13.1 Å². The zero-order chi connectivity index (χ0) is 25.5. The van der Waals surface area contributed by atoms with Gasteiger partial charge in [-0.25, -0.2) is 4.98 Å². The Balaban J connectivity index is 0.00000380. The van der Waals surface area contributed by atoms with E-state index in [0.717, 1.165) is 33.3 Å². The average molecular weight is 525 g/mol. The number of nitrogens with zero attached hydrogens (tertiary/aromatic N) is 2. The van der Waals surface area contributed by atoms with E-state index < -0.39 is 0 Å². The fourth-order valence-electron chi connectivity index (χ4n) is 4.00. The average Bonchev–Trinajstić information content (AvgIpc) is 3.25. The van der Waals surface area contributed by atoms with Crippen LogP contribution in [-0.4, -0.2) is 40.1 Å². The Hall–Kier alpha value is -3.82. The second kappa shape index (κ2) is 12.9. The first-order valence-electron chi connectivity index (χ1n) is 12.0. The number of hydrogen-bond donors (Lipinski definition) is 4. The van der Waals surface area contributed by atoms with Gasteiger partial charge in [-0.15, -0.1) is 12.4 Å². The monoisotopic (exact) mass is 524 g/mol. The van der Waals surface area contributed by atoms with Gasteiger partial charge in [0, 0.05) is 48.6 Å². The van der Waals surface area contributed by atoms with Crippen molar-refractivity contribution in [3.63, 3.8) is 0 Å². The van der Waals surface area contributed by atoms with Crippen molar-refractivity contribution in [1.29, 1.82) is 0 Å². The molecule has 0 spiro atoms. The molecule has 37 heavy (non-hydrogen) atoms. The minimum atomic E-state index is -0.324. The Morgan fingerprint density at radius 2 is 2.00 bits per heavy atom. The number of carbonyl (C=O) groups is 1. The summed E-state index contributed by atoms with van der Waals surface area (Å²) in [7, 11) is 0. The fraction of sp³-hybridized carbons (Fsp3) is 0.296. The topological polar surface area (TPSA) is 127 Å². The molecule has 0 bridgehead atoms. The number of aromatic amines is 1. The standard InChI is InChI=1S/C27H32N6O3.ClH/c1-18-14-30-24-7-6-21(13-23(18)24)16-31-25(34)17-33-19(2)15-32-26(27(33)35)29-10-8-20-4-3-5-22(12-20)36-11-9-28;/h3-7,12-15,30H,8-11,16-17,28H2,1-2H3,(H,29,32)(H,31,34);1H. The van der Waals surface area contributed by atoms with Gasteiger partial charge in [0.25, 0.3) is 5.56 Å².